The summed E-state index contributed by atoms with van der Waals surface area (Å²) in [5.74, 6) is 0.695. The maximum absolute atomic E-state index is 12.4. The molecule has 0 aromatic heterocycles. The van der Waals surface area contributed by atoms with Crippen molar-refractivity contribution in [3.63, 3.8) is 0 Å². The average molecular weight is 323 g/mol. The number of benzene rings is 2. The molecule has 4 nitrogen and oxygen atoms in total. The minimum Gasteiger partial charge on any atom is -0.398 e. The van der Waals surface area contributed by atoms with Crippen molar-refractivity contribution < 1.29 is 4.79 Å². The van der Waals surface area contributed by atoms with Gasteiger partial charge in [0.25, 0.3) is 5.91 Å². The van der Waals surface area contributed by atoms with Gasteiger partial charge in [0.2, 0.25) is 0 Å². The Balaban J connectivity index is 1.68. The van der Waals surface area contributed by atoms with E-state index in [1.807, 2.05) is 19.1 Å². The van der Waals surface area contributed by atoms with Gasteiger partial charge in [-0.25, -0.2) is 0 Å². The van der Waals surface area contributed by atoms with Gasteiger partial charge in [-0.1, -0.05) is 13.0 Å². The zero-order chi connectivity index (χ0) is 17.1. The molecule has 2 aromatic carbocycles. The third kappa shape index (κ3) is 3.53. The van der Waals surface area contributed by atoms with Crippen molar-refractivity contribution in [3.05, 3.63) is 53.6 Å². The number of nitrogen functional groups attached to an aromatic ring is 1. The van der Waals surface area contributed by atoms with Gasteiger partial charge in [0.05, 0.1) is 0 Å². The van der Waals surface area contributed by atoms with E-state index in [1.54, 1.807) is 18.2 Å². The molecular formula is C20H25N3O. The molecule has 4 heteroatoms. The van der Waals surface area contributed by atoms with Gasteiger partial charge in [0, 0.05) is 35.7 Å². The molecule has 0 bridgehead atoms. The molecule has 0 saturated carbocycles. The Bertz CT molecular complexity index is 716. The highest BCUT2D eigenvalue weighted by Crippen LogP contribution is 2.24. The molecule has 3 N–H and O–H groups in total. The summed E-state index contributed by atoms with van der Waals surface area (Å²) >= 11 is 0. The van der Waals surface area contributed by atoms with E-state index in [1.165, 1.54) is 18.5 Å². The van der Waals surface area contributed by atoms with Crippen molar-refractivity contribution in [2.75, 3.05) is 29.0 Å². The van der Waals surface area contributed by atoms with Crippen molar-refractivity contribution in [2.24, 2.45) is 5.92 Å². The van der Waals surface area contributed by atoms with Gasteiger partial charge in [-0.3, -0.25) is 4.79 Å². The number of nitrogens with one attached hydrogen (secondary N) is 1. The lowest BCUT2D eigenvalue weighted by Crippen LogP contribution is -2.32. The van der Waals surface area contributed by atoms with E-state index in [-0.39, 0.29) is 5.91 Å². The van der Waals surface area contributed by atoms with Crippen molar-refractivity contribution in [3.8, 4) is 0 Å². The molecule has 1 aliphatic heterocycles. The fourth-order valence-corrected chi connectivity index (χ4v) is 3.12. The van der Waals surface area contributed by atoms with E-state index in [0.29, 0.717) is 11.3 Å². The number of rotatable bonds is 3. The summed E-state index contributed by atoms with van der Waals surface area (Å²) < 4.78 is 0. The Morgan fingerprint density at radius 3 is 2.46 bits per heavy atom. The topological polar surface area (TPSA) is 58.4 Å². The minimum atomic E-state index is -0.126. The predicted molar refractivity (Wildman–Crippen MR) is 101 cm³/mol. The molecule has 126 valence electrons. The summed E-state index contributed by atoms with van der Waals surface area (Å²) in [4.78, 5) is 14.8. The number of nitrogens with two attached hydrogens (primary N) is 1. The molecule has 1 saturated heterocycles. The molecule has 0 radical (unpaired) electrons. The van der Waals surface area contributed by atoms with Crippen LogP contribution in [-0.2, 0) is 0 Å². The molecule has 1 aliphatic rings. The Morgan fingerprint density at radius 1 is 1.12 bits per heavy atom. The molecular weight excluding hydrogens is 298 g/mol. The fraction of sp³-hybridized carbons (Fsp3) is 0.350. The quantitative estimate of drug-likeness (QED) is 0.837. The normalized spacial score (nSPS) is 15.3. The van der Waals surface area contributed by atoms with Crippen LogP contribution in [0.1, 0.15) is 35.7 Å². The van der Waals surface area contributed by atoms with E-state index >= 15 is 0 Å². The second kappa shape index (κ2) is 6.95. The van der Waals surface area contributed by atoms with E-state index in [9.17, 15) is 4.79 Å². The summed E-state index contributed by atoms with van der Waals surface area (Å²) in [6, 6.07) is 13.5. The number of carbonyl (C=O) groups is 1. The van der Waals surface area contributed by atoms with E-state index in [2.05, 4.69) is 29.3 Å². The van der Waals surface area contributed by atoms with Crippen LogP contribution in [0.3, 0.4) is 0 Å². The maximum Gasteiger partial charge on any atom is 0.256 e. The van der Waals surface area contributed by atoms with Gasteiger partial charge in [-0.15, -0.1) is 0 Å². The highest BCUT2D eigenvalue weighted by Gasteiger charge is 2.16. The summed E-state index contributed by atoms with van der Waals surface area (Å²) in [5, 5.41) is 2.95. The molecule has 0 aliphatic carbocycles. The number of piperidine rings is 1. The minimum absolute atomic E-state index is 0.126. The van der Waals surface area contributed by atoms with Gasteiger partial charge in [-0.05, 0) is 67.6 Å². The Labute approximate surface area is 143 Å². The first-order valence-corrected chi connectivity index (χ1v) is 8.56. The van der Waals surface area contributed by atoms with E-state index in [4.69, 9.17) is 5.73 Å². The summed E-state index contributed by atoms with van der Waals surface area (Å²) in [7, 11) is 0. The van der Waals surface area contributed by atoms with Gasteiger partial charge in [-0.2, -0.15) is 0 Å². The highest BCUT2D eigenvalue weighted by molar-refractivity contribution is 6.06. The molecule has 1 amide bonds. The summed E-state index contributed by atoms with van der Waals surface area (Å²) in [5.41, 5.74) is 9.97. The number of carbonyl (C=O) groups excluding carboxylic acids is 1. The van der Waals surface area contributed by atoms with Crippen LogP contribution in [0.4, 0.5) is 17.1 Å². The number of nitrogens with zero attached hydrogens (tertiary/aromatic N) is 1. The molecule has 1 fully saturated rings. The average Bonchev–Trinajstić information content (AvgIpc) is 2.59. The molecule has 24 heavy (non-hydrogen) atoms. The zero-order valence-electron chi connectivity index (χ0n) is 14.4. The predicted octanol–water partition coefficient (Wildman–Crippen LogP) is 4.07. The van der Waals surface area contributed by atoms with Crippen LogP contribution < -0.4 is 16.0 Å². The largest absolute Gasteiger partial charge is 0.398 e. The van der Waals surface area contributed by atoms with Gasteiger partial charge in [0.1, 0.15) is 0 Å². The lowest BCUT2D eigenvalue weighted by Gasteiger charge is -2.32. The van der Waals surface area contributed by atoms with Crippen LogP contribution in [0.2, 0.25) is 0 Å². The van der Waals surface area contributed by atoms with E-state index in [0.717, 1.165) is 30.3 Å². The molecule has 0 spiro atoms. The van der Waals surface area contributed by atoms with Crippen LogP contribution in [0.25, 0.3) is 0 Å². The molecule has 1 heterocycles. The standard InChI is InChI=1S/C20H25N3O/c1-14-10-12-23(13-11-14)17-8-6-16(7-9-17)22-20(24)18-4-3-5-19(21)15(18)2/h3-9,14H,10-13,21H2,1-2H3,(H,22,24). The first-order chi connectivity index (χ1) is 11.5. The number of hydrogen-bond donors (Lipinski definition) is 2. The lowest BCUT2D eigenvalue weighted by atomic mass is 9.99. The third-order valence-corrected chi connectivity index (χ3v) is 4.89. The first kappa shape index (κ1) is 16.4. The van der Waals surface area contributed by atoms with Gasteiger partial charge >= 0.3 is 0 Å². The fourth-order valence-electron chi connectivity index (χ4n) is 3.12. The monoisotopic (exact) mass is 323 g/mol. The Hall–Kier alpha value is -2.49. The smallest absolute Gasteiger partial charge is 0.256 e. The summed E-state index contributed by atoms with van der Waals surface area (Å²) in [6.45, 7) is 6.39. The molecule has 3 rings (SSSR count). The van der Waals surface area contributed by atoms with Crippen LogP contribution in [0.15, 0.2) is 42.5 Å². The Morgan fingerprint density at radius 2 is 1.79 bits per heavy atom. The first-order valence-electron chi connectivity index (χ1n) is 8.56. The lowest BCUT2D eigenvalue weighted by molar-refractivity contribution is 0.102. The molecule has 0 unspecified atom stereocenters. The Kier molecular flexibility index (Phi) is 4.74. The van der Waals surface area contributed by atoms with Crippen molar-refractivity contribution in [1.82, 2.24) is 0 Å². The zero-order valence-corrected chi connectivity index (χ0v) is 14.4. The highest BCUT2D eigenvalue weighted by atomic mass is 16.1. The second-order valence-corrected chi connectivity index (χ2v) is 6.69. The number of amides is 1. The van der Waals surface area contributed by atoms with Gasteiger partial charge in [0.15, 0.2) is 0 Å². The number of hydrogen-bond acceptors (Lipinski definition) is 3. The second-order valence-electron chi connectivity index (χ2n) is 6.69. The van der Waals surface area contributed by atoms with Crippen LogP contribution in [0, 0.1) is 12.8 Å². The SMILES string of the molecule is Cc1c(N)cccc1C(=O)Nc1ccc(N2CCC(C)CC2)cc1. The van der Waals surface area contributed by atoms with Crippen LogP contribution in [0.5, 0.6) is 0 Å². The van der Waals surface area contributed by atoms with Crippen molar-refractivity contribution >= 4 is 23.0 Å². The molecule has 2 aromatic rings. The van der Waals surface area contributed by atoms with Crippen LogP contribution in [-0.4, -0.2) is 19.0 Å². The van der Waals surface area contributed by atoms with Crippen molar-refractivity contribution in [1.29, 1.82) is 0 Å². The van der Waals surface area contributed by atoms with E-state index < -0.39 is 0 Å². The third-order valence-electron chi connectivity index (χ3n) is 4.89. The molecule has 0 atom stereocenters. The van der Waals surface area contributed by atoms with Gasteiger partial charge < -0.3 is 16.0 Å². The number of anilines is 3. The van der Waals surface area contributed by atoms with Crippen molar-refractivity contribution in [2.45, 2.75) is 26.7 Å². The summed E-state index contributed by atoms with van der Waals surface area (Å²) in [6.07, 6.45) is 2.49. The maximum atomic E-state index is 12.4. The van der Waals surface area contributed by atoms with Crippen LogP contribution >= 0.6 is 0 Å².